The van der Waals surface area contributed by atoms with Crippen molar-refractivity contribution in [2.75, 3.05) is 0 Å². The number of benzene rings is 9. The summed E-state index contributed by atoms with van der Waals surface area (Å²) in [4.78, 5) is 20.8. The molecule has 6 heteroatoms. The van der Waals surface area contributed by atoms with Gasteiger partial charge in [-0.1, -0.05) is 158 Å². The van der Waals surface area contributed by atoms with E-state index in [9.17, 15) is 0 Å². The lowest BCUT2D eigenvalue weighted by atomic mass is 9.97. The highest BCUT2D eigenvalue weighted by Gasteiger charge is 2.22. The molecule has 9 aromatic carbocycles. The zero-order chi connectivity index (χ0) is 42.1. The van der Waals surface area contributed by atoms with Gasteiger partial charge < -0.3 is 9.13 Å². The molecule has 0 fully saturated rings. The van der Waals surface area contributed by atoms with E-state index in [-0.39, 0.29) is 0 Å². The fourth-order valence-electron chi connectivity index (χ4n) is 9.65. The zero-order valence-corrected chi connectivity index (χ0v) is 34.5. The summed E-state index contributed by atoms with van der Waals surface area (Å²) in [6, 6.07) is 76.7. The lowest BCUT2D eigenvalue weighted by Crippen LogP contribution is -2.01. The van der Waals surface area contributed by atoms with Crippen molar-refractivity contribution in [3.63, 3.8) is 0 Å². The molecule has 0 atom stereocenters. The molecule has 13 aromatic rings. The fourth-order valence-corrected chi connectivity index (χ4v) is 9.65. The van der Waals surface area contributed by atoms with Crippen LogP contribution >= 0.6 is 0 Å². The standard InChI is InChI=1S/C58H36N6/c1-4-16-37(17-5-1)54-48-35-34-46-45-33-30-40(36-52(45)64(41-20-8-3-9-21-41)55(46)53(48)47-24-10-13-25-49(47)59-54)58-61-56(38-18-6-2-7-19-38)60-57(62-58)39-28-31-42(32-29-39)63-50-26-14-11-22-43(50)44-23-12-15-27-51(44)63/h1-36H. The van der Waals surface area contributed by atoms with Gasteiger partial charge in [-0.25, -0.2) is 19.9 Å². The van der Waals surface area contributed by atoms with Crippen LogP contribution in [-0.4, -0.2) is 29.1 Å². The lowest BCUT2D eigenvalue weighted by Gasteiger charge is -2.14. The molecule has 298 valence electrons. The number of rotatable bonds is 6. The van der Waals surface area contributed by atoms with Gasteiger partial charge in [0.05, 0.1) is 33.3 Å². The van der Waals surface area contributed by atoms with Crippen LogP contribution in [-0.2, 0) is 0 Å². The van der Waals surface area contributed by atoms with Gasteiger partial charge in [0.15, 0.2) is 17.5 Å². The molecule has 0 aliphatic carbocycles. The Morgan fingerprint density at radius 1 is 0.281 bits per heavy atom. The predicted octanol–water partition coefficient (Wildman–Crippen LogP) is 14.4. The molecule has 0 aliphatic rings. The minimum absolute atomic E-state index is 0.605. The minimum atomic E-state index is 0.605. The Labute approximate surface area is 368 Å². The summed E-state index contributed by atoms with van der Waals surface area (Å²) in [5, 5.41) is 8.16. The Morgan fingerprint density at radius 3 is 1.42 bits per heavy atom. The SMILES string of the molecule is c1ccc(-c2nc(-c3ccc(-n4c5ccccc5c5ccccc54)cc3)nc(-c3ccc4c5ccc6c(-c7ccccc7)nc7ccccc7c6c5n(-c5ccccc5)c4c3)n2)cc1. The maximum Gasteiger partial charge on any atom is 0.164 e. The Bertz CT molecular complexity index is 3880. The van der Waals surface area contributed by atoms with Crippen LogP contribution in [0.3, 0.4) is 0 Å². The van der Waals surface area contributed by atoms with E-state index in [0.29, 0.717) is 17.5 Å². The average molecular weight is 817 g/mol. The third-order valence-electron chi connectivity index (χ3n) is 12.5. The summed E-state index contributed by atoms with van der Waals surface area (Å²) in [5.74, 6) is 1.84. The van der Waals surface area contributed by atoms with Crippen LogP contribution in [0, 0.1) is 0 Å². The first-order chi connectivity index (χ1) is 31.7. The summed E-state index contributed by atoms with van der Waals surface area (Å²) >= 11 is 0. The summed E-state index contributed by atoms with van der Waals surface area (Å²) < 4.78 is 4.74. The molecule has 0 saturated heterocycles. The van der Waals surface area contributed by atoms with Crippen LogP contribution in [0.4, 0.5) is 0 Å². The first-order valence-corrected chi connectivity index (χ1v) is 21.6. The largest absolute Gasteiger partial charge is 0.309 e. The van der Waals surface area contributed by atoms with Crippen molar-refractivity contribution in [2.45, 2.75) is 0 Å². The van der Waals surface area contributed by atoms with Crippen LogP contribution in [0.5, 0.6) is 0 Å². The molecule has 13 rings (SSSR count). The number of hydrogen-bond acceptors (Lipinski definition) is 4. The third-order valence-corrected chi connectivity index (χ3v) is 12.5. The molecule has 6 nitrogen and oxygen atoms in total. The van der Waals surface area contributed by atoms with Gasteiger partial charge in [0.1, 0.15) is 0 Å². The molecule has 0 spiro atoms. The molecule has 64 heavy (non-hydrogen) atoms. The van der Waals surface area contributed by atoms with Gasteiger partial charge in [0.2, 0.25) is 0 Å². The summed E-state index contributed by atoms with van der Waals surface area (Å²) in [7, 11) is 0. The molecule has 0 aliphatic heterocycles. The second-order valence-electron chi connectivity index (χ2n) is 16.2. The second kappa shape index (κ2) is 14.4. The van der Waals surface area contributed by atoms with Crippen molar-refractivity contribution in [2.24, 2.45) is 0 Å². The minimum Gasteiger partial charge on any atom is -0.309 e. The number of fused-ring (bicyclic) bond motifs is 10. The first kappa shape index (κ1) is 36.0. The van der Waals surface area contributed by atoms with Crippen molar-refractivity contribution in [1.29, 1.82) is 0 Å². The van der Waals surface area contributed by atoms with E-state index in [2.05, 4.69) is 209 Å². The zero-order valence-electron chi connectivity index (χ0n) is 34.5. The van der Waals surface area contributed by atoms with E-state index < -0.39 is 0 Å². The summed E-state index contributed by atoms with van der Waals surface area (Å²) in [5.41, 5.74) is 12.4. The quantitative estimate of drug-likeness (QED) is 0.157. The first-order valence-electron chi connectivity index (χ1n) is 21.6. The van der Waals surface area contributed by atoms with Gasteiger partial charge in [-0.15, -0.1) is 0 Å². The van der Waals surface area contributed by atoms with Crippen LogP contribution in [0.15, 0.2) is 218 Å². The maximum absolute atomic E-state index is 5.27. The van der Waals surface area contributed by atoms with E-state index in [4.69, 9.17) is 19.9 Å². The Hall–Kier alpha value is -8.74. The van der Waals surface area contributed by atoms with Crippen LogP contribution in [0.2, 0.25) is 0 Å². The van der Waals surface area contributed by atoms with Gasteiger partial charge in [0, 0.05) is 71.3 Å². The van der Waals surface area contributed by atoms with Crippen LogP contribution < -0.4 is 0 Å². The smallest absolute Gasteiger partial charge is 0.164 e. The number of hydrogen-bond donors (Lipinski definition) is 0. The molecule has 0 bridgehead atoms. The second-order valence-corrected chi connectivity index (χ2v) is 16.2. The molecule has 0 radical (unpaired) electrons. The van der Waals surface area contributed by atoms with E-state index in [1.54, 1.807) is 0 Å². The monoisotopic (exact) mass is 816 g/mol. The van der Waals surface area contributed by atoms with Crippen molar-refractivity contribution in [3.05, 3.63) is 218 Å². The lowest BCUT2D eigenvalue weighted by molar-refractivity contribution is 1.07. The van der Waals surface area contributed by atoms with Gasteiger partial charge in [0.25, 0.3) is 0 Å². The van der Waals surface area contributed by atoms with Crippen molar-refractivity contribution < 1.29 is 0 Å². The van der Waals surface area contributed by atoms with Crippen LogP contribution in [0.25, 0.3) is 122 Å². The topological polar surface area (TPSA) is 61.4 Å². The Balaban J connectivity index is 1.03. The molecule has 4 aromatic heterocycles. The summed E-state index contributed by atoms with van der Waals surface area (Å²) in [6.45, 7) is 0. The predicted molar refractivity (Wildman–Crippen MR) is 263 cm³/mol. The fraction of sp³-hybridized carbons (Fsp3) is 0. The highest BCUT2D eigenvalue weighted by molar-refractivity contribution is 6.27. The van der Waals surface area contributed by atoms with E-state index >= 15 is 0 Å². The summed E-state index contributed by atoms with van der Waals surface area (Å²) in [6.07, 6.45) is 0. The highest BCUT2D eigenvalue weighted by atomic mass is 15.0. The van der Waals surface area contributed by atoms with Gasteiger partial charge in [-0.2, -0.15) is 0 Å². The van der Waals surface area contributed by atoms with Gasteiger partial charge in [-0.05, 0) is 60.7 Å². The Kier molecular flexibility index (Phi) is 8.11. The van der Waals surface area contributed by atoms with Crippen molar-refractivity contribution >= 4 is 65.3 Å². The third kappa shape index (κ3) is 5.66. The molecule has 0 amide bonds. The van der Waals surface area contributed by atoms with Gasteiger partial charge in [-0.3, -0.25) is 0 Å². The Morgan fingerprint density at radius 2 is 0.750 bits per heavy atom. The van der Waals surface area contributed by atoms with Gasteiger partial charge >= 0.3 is 0 Å². The average Bonchev–Trinajstić information content (AvgIpc) is 3.89. The number of para-hydroxylation sites is 4. The number of nitrogens with zero attached hydrogens (tertiary/aromatic N) is 6. The number of pyridine rings is 1. The molecular weight excluding hydrogens is 781 g/mol. The molecule has 4 heterocycles. The van der Waals surface area contributed by atoms with E-state index in [1.807, 2.05) is 18.2 Å². The van der Waals surface area contributed by atoms with Crippen molar-refractivity contribution in [3.8, 4) is 56.8 Å². The molecule has 0 N–H and O–H groups in total. The van der Waals surface area contributed by atoms with E-state index in [0.717, 1.165) is 77.4 Å². The van der Waals surface area contributed by atoms with Crippen molar-refractivity contribution in [1.82, 2.24) is 29.1 Å². The molecule has 0 unspecified atom stereocenters. The number of aromatic nitrogens is 6. The van der Waals surface area contributed by atoms with E-state index in [1.165, 1.54) is 27.2 Å². The molecular formula is C58H36N6. The maximum atomic E-state index is 5.27. The normalized spacial score (nSPS) is 11.8. The highest BCUT2D eigenvalue weighted by Crippen LogP contribution is 2.43. The molecule has 0 saturated carbocycles. The van der Waals surface area contributed by atoms with Crippen LogP contribution in [0.1, 0.15) is 0 Å².